The topological polar surface area (TPSA) is 129 Å². The summed E-state index contributed by atoms with van der Waals surface area (Å²) in [6, 6.07) is 27.7. The Hall–Kier alpha value is -4.04. The number of thioether (sulfide) groups is 1. The number of carbonyl (C=O) groups is 4. The molecule has 0 heterocycles. The molecule has 13 heteroatoms. The number of ether oxygens (including phenoxy) is 3. The van der Waals surface area contributed by atoms with Crippen LogP contribution in [0.3, 0.4) is 0 Å². The molecule has 0 aromatic heterocycles. The monoisotopic (exact) mass is 800 g/mol. The molecule has 9 nitrogen and oxygen atoms in total. The molecule has 1 N–H and O–H groups in total. The molecule has 0 aliphatic carbocycles. The number of halogens is 1. The van der Waals surface area contributed by atoms with Gasteiger partial charge in [0.2, 0.25) is 0 Å². The summed E-state index contributed by atoms with van der Waals surface area (Å²) in [5.41, 5.74) is 3.05. The molecule has 1 unspecified atom stereocenters. The number of carbonyl (C=O) groups excluding carboxylic acids is 4. The predicted molar refractivity (Wildman–Crippen MR) is 217 cm³/mol. The van der Waals surface area contributed by atoms with Crippen LogP contribution >= 0.6 is 40.5 Å². The minimum absolute atomic E-state index is 0.0584. The summed E-state index contributed by atoms with van der Waals surface area (Å²) < 4.78 is 16.8. The second-order valence-corrected chi connectivity index (χ2v) is 10.6. The Labute approximate surface area is 322 Å². The van der Waals surface area contributed by atoms with Gasteiger partial charge in [0.1, 0.15) is 12.4 Å². The third kappa shape index (κ3) is 29.4. The molecule has 0 bridgehead atoms. The van der Waals surface area contributed by atoms with Crippen molar-refractivity contribution in [2.45, 2.75) is 26.9 Å². The van der Waals surface area contributed by atoms with E-state index in [4.69, 9.17) is 9.47 Å². The first kappa shape index (κ1) is 51.3. The van der Waals surface area contributed by atoms with E-state index in [2.05, 4.69) is 58.6 Å². The molecule has 0 fully saturated rings. The van der Waals surface area contributed by atoms with Gasteiger partial charge in [-0.15, -0.1) is 0 Å². The van der Waals surface area contributed by atoms with Crippen LogP contribution in [0.25, 0.3) is 6.08 Å². The molecule has 51 heavy (non-hydrogen) atoms. The van der Waals surface area contributed by atoms with Crippen LogP contribution in [0.5, 0.6) is 0 Å². The van der Waals surface area contributed by atoms with Gasteiger partial charge in [0.05, 0.1) is 25.4 Å². The van der Waals surface area contributed by atoms with Crippen molar-refractivity contribution in [3.8, 4) is 0 Å². The number of hydrogen-bond donors (Lipinski definition) is 2. The summed E-state index contributed by atoms with van der Waals surface area (Å²) in [6.07, 6.45) is 6.89. The van der Waals surface area contributed by atoms with E-state index in [0.717, 1.165) is 23.5 Å². The normalized spacial score (nSPS) is 9.75. The minimum atomic E-state index is -0.995. The summed E-state index contributed by atoms with van der Waals surface area (Å²) in [7, 11) is 4.34. The summed E-state index contributed by atoms with van der Waals surface area (Å²) in [5, 5.41) is 10.3. The van der Waals surface area contributed by atoms with Crippen LogP contribution < -0.4 is 0 Å². The van der Waals surface area contributed by atoms with Gasteiger partial charge in [-0.1, -0.05) is 120 Å². The van der Waals surface area contributed by atoms with E-state index < -0.39 is 12.1 Å². The third-order valence-corrected chi connectivity index (χ3v) is 5.80. The standard InChI is InChI=1S/C12H13BrO2.C12H14O3.C7H6O.C5H8O2.C2H6S.BHNS/c1-2-15-12(14)11(9-13)8-10-6-4-3-5-7-10;1-3-15-12(14)9(2)11(13)10-7-5-4-6-8-10;8-6-7-4-2-1-3-5-7;1-3-5(6)7-4-2;1-3-2;1-2-3/h3-8H,2,9H2,1H3;4-8,11,13H,2-3H2,1H3;1-6H;3H,1,4H2,2H3;1-2H3;3H/b11-8+;;;;;. The van der Waals surface area contributed by atoms with Crippen LogP contribution in [-0.4, -0.2) is 74.6 Å². The molecule has 3 rings (SSSR count). The summed E-state index contributed by atoms with van der Waals surface area (Å²) >= 11 is 8.22. The average molecular weight is 802 g/mol. The molecule has 0 aliphatic heterocycles. The van der Waals surface area contributed by atoms with Crippen molar-refractivity contribution in [2.24, 2.45) is 4.30 Å². The fourth-order valence-corrected chi connectivity index (χ4v) is 3.42. The number of nitrogens with zero attached hydrogens (tertiary/aromatic N) is 1. The zero-order chi connectivity index (χ0) is 39.3. The van der Waals surface area contributed by atoms with E-state index in [-0.39, 0.29) is 24.1 Å². The Kier molecular flexibility index (Phi) is 37.5. The zero-order valence-electron chi connectivity index (χ0n) is 29.8. The number of aldehydes is 1. The Morgan fingerprint density at radius 3 is 1.57 bits per heavy atom. The van der Waals surface area contributed by atoms with Gasteiger partial charge in [0, 0.05) is 22.5 Å². The maximum absolute atomic E-state index is 11.5. The van der Waals surface area contributed by atoms with E-state index in [1.165, 1.54) is 0 Å². The van der Waals surface area contributed by atoms with E-state index in [0.29, 0.717) is 29.7 Å². The first-order valence-electron chi connectivity index (χ1n) is 15.3. The molecule has 1 radical (unpaired) electrons. The van der Waals surface area contributed by atoms with Crippen molar-refractivity contribution in [1.82, 2.24) is 0 Å². The van der Waals surface area contributed by atoms with Crippen LogP contribution in [-0.2, 0) is 28.6 Å². The molecule has 0 aliphatic rings. The van der Waals surface area contributed by atoms with Crippen molar-refractivity contribution in [1.29, 1.82) is 0 Å². The Balaban J connectivity index is -0.000000595. The quantitative estimate of drug-likeness (QED) is 0.0375. The van der Waals surface area contributed by atoms with Crippen molar-refractivity contribution in [3.63, 3.8) is 0 Å². The number of aliphatic hydroxyl groups is 1. The first-order chi connectivity index (χ1) is 24.5. The number of hydrogen-bond acceptors (Lipinski definition) is 11. The number of esters is 3. The van der Waals surface area contributed by atoms with E-state index in [1.807, 2.05) is 73.2 Å². The van der Waals surface area contributed by atoms with Crippen LogP contribution in [0.4, 0.5) is 0 Å². The van der Waals surface area contributed by atoms with Gasteiger partial charge in [0.15, 0.2) is 0 Å². The second-order valence-electron chi connectivity index (χ2n) is 9.00. The van der Waals surface area contributed by atoms with Crippen LogP contribution in [0.2, 0.25) is 0 Å². The average Bonchev–Trinajstić information content (AvgIpc) is 3.16. The van der Waals surface area contributed by atoms with E-state index in [9.17, 15) is 24.3 Å². The van der Waals surface area contributed by atoms with Gasteiger partial charge in [0.25, 0.3) is 0 Å². The second kappa shape index (κ2) is 37.2. The fourth-order valence-electron chi connectivity index (χ4n) is 3.03. The van der Waals surface area contributed by atoms with Crippen molar-refractivity contribution < 1.29 is 38.5 Å². The first-order valence-corrected chi connectivity index (χ1v) is 18.5. The van der Waals surface area contributed by atoms with Gasteiger partial charge in [-0.25, -0.2) is 14.4 Å². The molecule has 3 aromatic carbocycles. The number of benzene rings is 3. The number of aliphatic hydroxyl groups excluding tert-OH is 1. The van der Waals surface area contributed by atoms with Gasteiger partial charge >= 0.3 is 42.7 Å². The molecular formula is C38H48BBrNO8S2. The SMILES string of the molecule is C=C(C(=O)OCC)C(O)c1ccccc1.C=CC(=O)OCC.CCOC(=O)/C(=C/c1ccccc1)CBr.CSC.O=Cc1ccccc1.[B]=NS. The molecule has 0 saturated heterocycles. The molecule has 0 saturated carbocycles. The Bertz CT molecular complexity index is 1410. The third-order valence-electron chi connectivity index (χ3n) is 5.19. The summed E-state index contributed by atoms with van der Waals surface area (Å²) in [6.45, 7) is 13.1. The van der Waals surface area contributed by atoms with Gasteiger partial charge < -0.3 is 19.3 Å². The number of rotatable bonds is 11. The van der Waals surface area contributed by atoms with E-state index in [1.54, 1.807) is 68.9 Å². The summed E-state index contributed by atoms with van der Waals surface area (Å²) in [4.78, 5) is 42.8. The number of alkyl halides is 1. The predicted octanol–water partition coefficient (Wildman–Crippen LogP) is 8.26. The maximum atomic E-state index is 11.5. The Morgan fingerprint density at radius 1 is 0.843 bits per heavy atom. The van der Waals surface area contributed by atoms with Crippen molar-refractivity contribution >= 4 is 78.4 Å². The van der Waals surface area contributed by atoms with Crippen molar-refractivity contribution in [2.75, 3.05) is 37.7 Å². The summed E-state index contributed by atoms with van der Waals surface area (Å²) in [5.74, 6) is -1.19. The molecule has 3 aromatic rings. The van der Waals surface area contributed by atoms with E-state index >= 15 is 0 Å². The fraction of sp³-hybridized carbons (Fsp3) is 0.263. The van der Waals surface area contributed by atoms with Gasteiger partial charge in [-0.3, -0.25) is 4.79 Å². The zero-order valence-corrected chi connectivity index (χ0v) is 33.1. The molecule has 1 atom stereocenters. The van der Waals surface area contributed by atoms with Crippen LogP contribution in [0.15, 0.2) is 126 Å². The van der Waals surface area contributed by atoms with Crippen molar-refractivity contribution in [3.05, 3.63) is 138 Å². The molecule has 0 amide bonds. The van der Waals surface area contributed by atoms with Crippen LogP contribution in [0, 0.1) is 0 Å². The van der Waals surface area contributed by atoms with Gasteiger partial charge in [-0.2, -0.15) is 11.8 Å². The molecule has 0 spiro atoms. The van der Waals surface area contributed by atoms with Crippen LogP contribution in [0.1, 0.15) is 48.4 Å². The van der Waals surface area contributed by atoms with Gasteiger partial charge in [-0.05, 0) is 50.5 Å². The Morgan fingerprint density at radius 2 is 1.24 bits per heavy atom. The molecular weight excluding hydrogens is 753 g/mol. The number of thiol groups is 1. The molecule has 275 valence electrons.